The van der Waals surface area contributed by atoms with Gasteiger partial charge >= 0.3 is 0 Å². The fraction of sp³-hybridized carbons (Fsp3) is 0.600. The Morgan fingerprint density at radius 3 is 2.35 bits per heavy atom. The summed E-state index contributed by atoms with van der Waals surface area (Å²) in [7, 11) is 0. The minimum Gasteiger partial charge on any atom is -0.490 e. The highest BCUT2D eigenvalue weighted by Gasteiger charge is 2.25. The fourth-order valence-electron chi connectivity index (χ4n) is 2.92. The molecule has 1 fully saturated rings. The Morgan fingerprint density at radius 1 is 1.05 bits per heavy atom. The molecular weight excluding hydrogens is 264 g/mol. The number of halogens is 2. The zero-order valence-corrected chi connectivity index (χ0v) is 11.3. The second kappa shape index (κ2) is 5.95. The van der Waals surface area contributed by atoms with Gasteiger partial charge in [-0.3, -0.25) is 0 Å². The van der Waals surface area contributed by atoms with Crippen molar-refractivity contribution in [2.24, 2.45) is 0 Å². The molecule has 0 radical (unpaired) electrons. The lowest BCUT2D eigenvalue weighted by Crippen LogP contribution is -2.27. The van der Waals surface area contributed by atoms with Crippen molar-refractivity contribution in [3.8, 4) is 11.5 Å². The van der Waals surface area contributed by atoms with Crippen LogP contribution in [0.2, 0.25) is 0 Å². The van der Waals surface area contributed by atoms with E-state index in [-0.39, 0.29) is 11.5 Å². The first-order valence-corrected chi connectivity index (χ1v) is 7.18. The van der Waals surface area contributed by atoms with Crippen LogP contribution in [0.4, 0.5) is 8.78 Å². The molecule has 0 amide bonds. The van der Waals surface area contributed by atoms with Crippen LogP contribution in [0.5, 0.6) is 11.5 Å². The van der Waals surface area contributed by atoms with Crippen molar-refractivity contribution in [1.82, 2.24) is 5.32 Å². The van der Waals surface area contributed by atoms with Gasteiger partial charge in [0.2, 0.25) is 0 Å². The topological polar surface area (TPSA) is 30.5 Å². The van der Waals surface area contributed by atoms with Crippen molar-refractivity contribution in [2.75, 3.05) is 26.3 Å². The number of hydrogen-bond donors (Lipinski definition) is 1. The molecule has 2 aliphatic rings. The van der Waals surface area contributed by atoms with Crippen molar-refractivity contribution < 1.29 is 18.3 Å². The second-order valence-corrected chi connectivity index (χ2v) is 5.30. The number of benzene rings is 1. The number of ether oxygens (including phenoxy) is 2. The molecule has 2 heterocycles. The minimum atomic E-state index is -2.47. The molecule has 3 rings (SSSR count). The number of piperidine rings is 1. The first-order valence-electron chi connectivity index (χ1n) is 7.18. The van der Waals surface area contributed by atoms with E-state index in [4.69, 9.17) is 9.47 Å². The summed E-state index contributed by atoms with van der Waals surface area (Å²) in [5.74, 6) is 1.24. The van der Waals surface area contributed by atoms with Crippen molar-refractivity contribution >= 4 is 0 Å². The summed E-state index contributed by atoms with van der Waals surface area (Å²) >= 11 is 0. The van der Waals surface area contributed by atoms with Crippen LogP contribution in [-0.2, 0) is 0 Å². The number of alkyl halides is 2. The van der Waals surface area contributed by atoms with Crippen LogP contribution in [0.3, 0.4) is 0 Å². The molecule has 1 N–H and O–H groups in total. The van der Waals surface area contributed by atoms with Crippen LogP contribution in [0.1, 0.15) is 42.7 Å². The van der Waals surface area contributed by atoms with Gasteiger partial charge in [0.1, 0.15) is 0 Å². The van der Waals surface area contributed by atoms with Crippen LogP contribution < -0.4 is 14.8 Å². The zero-order chi connectivity index (χ0) is 13.9. The largest absolute Gasteiger partial charge is 0.490 e. The summed E-state index contributed by atoms with van der Waals surface area (Å²) in [6.45, 7) is 2.85. The summed E-state index contributed by atoms with van der Waals surface area (Å²) in [5.41, 5.74) is 0.826. The molecule has 5 heteroatoms. The van der Waals surface area contributed by atoms with Gasteiger partial charge in [0.15, 0.2) is 11.5 Å². The van der Waals surface area contributed by atoms with Gasteiger partial charge in [-0.2, -0.15) is 0 Å². The Morgan fingerprint density at radius 2 is 1.70 bits per heavy atom. The van der Waals surface area contributed by atoms with Crippen LogP contribution in [0.15, 0.2) is 12.1 Å². The van der Waals surface area contributed by atoms with Gasteiger partial charge in [0.25, 0.3) is 6.43 Å². The van der Waals surface area contributed by atoms with Crippen molar-refractivity contribution in [2.45, 2.75) is 31.6 Å². The highest BCUT2D eigenvalue weighted by Crippen LogP contribution is 2.41. The smallest absolute Gasteiger partial charge is 0.264 e. The SMILES string of the molecule is FC(F)c1cc2c(cc1C1CCNCC1)OCCCO2. The standard InChI is InChI=1S/C15H19F2NO2/c16-15(17)12-9-14-13(19-6-1-7-20-14)8-11(12)10-2-4-18-5-3-10/h8-10,15,18H,1-7H2. The third-order valence-corrected chi connectivity index (χ3v) is 3.97. The lowest BCUT2D eigenvalue weighted by molar-refractivity contribution is 0.148. The van der Waals surface area contributed by atoms with Crippen molar-refractivity contribution in [1.29, 1.82) is 0 Å². The van der Waals surface area contributed by atoms with E-state index < -0.39 is 6.43 Å². The maximum Gasteiger partial charge on any atom is 0.264 e. The van der Waals surface area contributed by atoms with E-state index in [0.29, 0.717) is 24.7 Å². The van der Waals surface area contributed by atoms with Gasteiger partial charge in [-0.1, -0.05) is 0 Å². The van der Waals surface area contributed by atoms with Gasteiger partial charge < -0.3 is 14.8 Å². The van der Waals surface area contributed by atoms with Crippen molar-refractivity contribution in [3.63, 3.8) is 0 Å². The third-order valence-electron chi connectivity index (χ3n) is 3.97. The molecule has 0 spiro atoms. The van der Waals surface area contributed by atoms with E-state index in [0.717, 1.165) is 37.9 Å². The highest BCUT2D eigenvalue weighted by atomic mass is 19.3. The summed E-state index contributed by atoms with van der Waals surface area (Å²) in [5, 5.41) is 3.26. The average Bonchev–Trinajstić information content (AvgIpc) is 2.71. The number of fused-ring (bicyclic) bond motifs is 1. The molecular formula is C15H19F2NO2. The molecule has 0 unspecified atom stereocenters. The maximum atomic E-state index is 13.3. The molecule has 0 aromatic heterocycles. The van der Waals surface area contributed by atoms with E-state index in [1.54, 1.807) is 6.07 Å². The maximum absolute atomic E-state index is 13.3. The zero-order valence-electron chi connectivity index (χ0n) is 11.3. The molecule has 110 valence electrons. The average molecular weight is 283 g/mol. The van der Waals surface area contributed by atoms with Gasteiger partial charge in [-0.25, -0.2) is 8.78 Å². The minimum absolute atomic E-state index is 0.0983. The van der Waals surface area contributed by atoms with Gasteiger partial charge in [-0.15, -0.1) is 0 Å². The molecule has 0 atom stereocenters. The summed E-state index contributed by atoms with van der Waals surface area (Å²) < 4.78 is 37.8. The fourth-order valence-corrected chi connectivity index (χ4v) is 2.92. The van der Waals surface area contributed by atoms with Crippen LogP contribution in [-0.4, -0.2) is 26.3 Å². The van der Waals surface area contributed by atoms with E-state index in [1.165, 1.54) is 6.07 Å². The van der Waals surface area contributed by atoms with Gasteiger partial charge in [0, 0.05) is 12.0 Å². The Hall–Kier alpha value is -1.36. The van der Waals surface area contributed by atoms with E-state index >= 15 is 0 Å². The Kier molecular flexibility index (Phi) is 4.05. The predicted molar refractivity (Wildman–Crippen MR) is 71.9 cm³/mol. The Bertz CT molecular complexity index is 473. The second-order valence-electron chi connectivity index (χ2n) is 5.30. The normalized spacial score (nSPS) is 19.9. The van der Waals surface area contributed by atoms with Gasteiger partial charge in [0.05, 0.1) is 13.2 Å². The Labute approximate surface area is 117 Å². The van der Waals surface area contributed by atoms with E-state index in [1.807, 2.05) is 0 Å². The third kappa shape index (κ3) is 2.73. The molecule has 20 heavy (non-hydrogen) atoms. The molecule has 3 nitrogen and oxygen atoms in total. The molecule has 1 aromatic carbocycles. The lowest BCUT2D eigenvalue weighted by atomic mass is 9.87. The molecule has 0 saturated carbocycles. The molecule has 2 aliphatic heterocycles. The molecule has 0 bridgehead atoms. The van der Waals surface area contributed by atoms with E-state index in [9.17, 15) is 8.78 Å². The summed E-state index contributed by atoms with van der Waals surface area (Å²) in [6, 6.07) is 3.25. The summed E-state index contributed by atoms with van der Waals surface area (Å²) in [6.07, 6.45) is 0.0807. The monoisotopic (exact) mass is 283 g/mol. The van der Waals surface area contributed by atoms with Crippen LogP contribution >= 0.6 is 0 Å². The van der Waals surface area contributed by atoms with Crippen LogP contribution in [0.25, 0.3) is 0 Å². The Balaban J connectivity index is 1.99. The predicted octanol–water partition coefficient (Wildman–Crippen LogP) is 3.25. The van der Waals surface area contributed by atoms with Crippen molar-refractivity contribution in [3.05, 3.63) is 23.3 Å². The first kappa shape index (κ1) is 13.6. The molecule has 1 saturated heterocycles. The number of rotatable bonds is 2. The van der Waals surface area contributed by atoms with E-state index in [2.05, 4.69) is 5.32 Å². The number of hydrogen-bond acceptors (Lipinski definition) is 3. The van der Waals surface area contributed by atoms with Crippen LogP contribution in [0, 0.1) is 0 Å². The van der Waals surface area contributed by atoms with Gasteiger partial charge in [-0.05, 0) is 49.5 Å². The molecule has 0 aliphatic carbocycles. The highest BCUT2D eigenvalue weighted by molar-refractivity contribution is 5.49. The first-order chi connectivity index (χ1) is 9.75. The quantitative estimate of drug-likeness (QED) is 0.903. The number of nitrogens with one attached hydrogen (secondary N) is 1. The summed E-state index contributed by atoms with van der Waals surface area (Å²) in [4.78, 5) is 0. The lowest BCUT2D eigenvalue weighted by Gasteiger charge is -2.26. The molecule has 1 aromatic rings.